The van der Waals surface area contributed by atoms with Gasteiger partial charge in [0, 0.05) is 6.61 Å². The molecule has 0 aliphatic rings. The van der Waals surface area contributed by atoms with Crippen LogP contribution in [0.2, 0.25) is 0 Å². The third-order valence-corrected chi connectivity index (χ3v) is 3.40. The average Bonchev–Trinajstić information content (AvgIpc) is 2.43. The predicted octanol–water partition coefficient (Wildman–Crippen LogP) is 4.12. The van der Waals surface area contributed by atoms with Crippen molar-refractivity contribution in [2.45, 2.75) is 46.1 Å². The van der Waals surface area contributed by atoms with Gasteiger partial charge in [-0.1, -0.05) is 51.3 Å². The van der Waals surface area contributed by atoms with Crippen molar-refractivity contribution in [3.63, 3.8) is 0 Å². The van der Waals surface area contributed by atoms with Crippen LogP contribution >= 0.6 is 0 Å². The summed E-state index contributed by atoms with van der Waals surface area (Å²) in [7, 11) is 0. The number of aromatic carboxylic acids is 1. The minimum atomic E-state index is -0.891. The summed E-state index contributed by atoms with van der Waals surface area (Å²) >= 11 is 0. The van der Waals surface area contributed by atoms with Gasteiger partial charge in [-0.05, 0) is 24.0 Å². The van der Waals surface area contributed by atoms with E-state index < -0.39 is 5.97 Å². The largest absolute Gasteiger partial charge is 0.478 e. The summed E-state index contributed by atoms with van der Waals surface area (Å²) in [5, 5.41) is 9.08. The zero-order valence-corrected chi connectivity index (χ0v) is 11.9. The van der Waals surface area contributed by atoms with Crippen molar-refractivity contribution in [3.8, 4) is 0 Å². The van der Waals surface area contributed by atoms with Gasteiger partial charge in [-0.2, -0.15) is 0 Å². The molecule has 0 spiro atoms. The van der Waals surface area contributed by atoms with Gasteiger partial charge >= 0.3 is 5.97 Å². The molecule has 0 saturated carbocycles. The number of rotatable bonds is 9. The van der Waals surface area contributed by atoms with Crippen molar-refractivity contribution in [2.75, 3.05) is 6.61 Å². The van der Waals surface area contributed by atoms with E-state index in [1.807, 2.05) is 12.1 Å². The van der Waals surface area contributed by atoms with Gasteiger partial charge in [-0.3, -0.25) is 0 Å². The molecule has 0 aliphatic heterocycles. The van der Waals surface area contributed by atoms with Gasteiger partial charge in [0.2, 0.25) is 0 Å². The van der Waals surface area contributed by atoms with E-state index in [2.05, 4.69) is 13.8 Å². The first kappa shape index (κ1) is 15.7. The molecule has 0 bridgehead atoms. The summed E-state index contributed by atoms with van der Waals surface area (Å²) in [5.74, 6) is -0.311. The number of ether oxygens (including phenoxy) is 1. The second kappa shape index (κ2) is 8.70. The molecule has 1 atom stereocenters. The molecular weight excluding hydrogens is 240 g/mol. The number of hydrogen-bond acceptors (Lipinski definition) is 2. The summed E-state index contributed by atoms with van der Waals surface area (Å²) in [5.41, 5.74) is 1.09. The lowest BCUT2D eigenvalue weighted by atomic mass is 10.0. The topological polar surface area (TPSA) is 46.5 Å². The molecule has 1 aromatic carbocycles. The molecule has 0 aromatic heterocycles. The molecule has 0 aliphatic carbocycles. The number of unbranched alkanes of at least 4 members (excludes halogenated alkanes) is 1. The van der Waals surface area contributed by atoms with Crippen LogP contribution < -0.4 is 0 Å². The van der Waals surface area contributed by atoms with Crippen LogP contribution in [-0.2, 0) is 11.3 Å². The van der Waals surface area contributed by atoms with Crippen LogP contribution in [0.4, 0.5) is 0 Å². The first-order valence-electron chi connectivity index (χ1n) is 7.07. The van der Waals surface area contributed by atoms with Gasteiger partial charge in [0.05, 0.1) is 12.2 Å². The lowest BCUT2D eigenvalue weighted by molar-refractivity contribution is 0.0669. The first-order valence-corrected chi connectivity index (χ1v) is 7.07. The maximum Gasteiger partial charge on any atom is 0.336 e. The standard InChI is InChI=1S/C16H24O3/c1-3-5-8-13(4-2)11-19-12-14-9-6-7-10-15(14)16(17)18/h6-7,9-10,13H,3-5,8,11-12H2,1-2H3,(H,17,18). The molecule has 19 heavy (non-hydrogen) atoms. The van der Waals surface area contributed by atoms with Crippen molar-refractivity contribution in [1.29, 1.82) is 0 Å². The highest BCUT2D eigenvalue weighted by Crippen LogP contribution is 2.15. The molecule has 1 N–H and O–H groups in total. The Hall–Kier alpha value is -1.35. The van der Waals surface area contributed by atoms with Gasteiger partial charge in [0.1, 0.15) is 0 Å². The fourth-order valence-electron chi connectivity index (χ4n) is 2.09. The Morgan fingerprint density at radius 3 is 2.68 bits per heavy atom. The molecule has 1 aromatic rings. The van der Waals surface area contributed by atoms with E-state index in [4.69, 9.17) is 9.84 Å². The normalized spacial score (nSPS) is 12.3. The monoisotopic (exact) mass is 264 g/mol. The first-order chi connectivity index (χ1) is 9.19. The van der Waals surface area contributed by atoms with Crippen LogP contribution in [0.25, 0.3) is 0 Å². The summed E-state index contributed by atoms with van der Waals surface area (Å²) in [6.07, 6.45) is 4.74. The number of benzene rings is 1. The van der Waals surface area contributed by atoms with Crippen molar-refractivity contribution >= 4 is 5.97 Å². The Morgan fingerprint density at radius 2 is 2.05 bits per heavy atom. The third-order valence-electron chi connectivity index (χ3n) is 3.40. The fourth-order valence-corrected chi connectivity index (χ4v) is 2.09. The fraction of sp³-hybridized carbons (Fsp3) is 0.562. The molecule has 0 saturated heterocycles. The Balaban J connectivity index is 2.46. The summed E-state index contributed by atoms with van der Waals surface area (Å²) in [4.78, 5) is 11.1. The quantitative estimate of drug-likeness (QED) is 0.730. The number of carbonyl (C=O) groups is 1. The Kier molecular flexibility index (Phi) is 7.19. The van der Waals surface area contributed by atoms with Gasteiger partial charge in [0.25, 0.3) is 0 Å². The van der Waals surface area contributed by atoms with E-state index in [-0.39, 0.29) is 0 Å². The van der Waals surface area contributed by atoms with Crippen LogP contribution in [0, 0.1) is 5.92 Å². The van der Waals surface area contributed by atoms with E-state index in [1.54, 1.807) is 12.1 Å². The highest BCUT2D eigenvalue weighted by molar-refractivity contribution is 5.89. The number of carboxylic acids is 1. The van der Waals surface area contributed by atoms with Crippen molar-refractivity contribution < 1.29 is 14.6 Å². The van der Waals surface area contributed by atoms with Crippen molar-refractivity contribution in [3.05, 3.63) is 35.4 Å². The second-order valence-corrected chi connectivity index (χ2v) is 4.89. The molecule has 3 nitrogen and oxygen atoms in total. The number of hydrogen-bond donors (Lipinski definition) is 1. The molecule has 3 heteroatoms. The smallest absolute Gasteiger partial charge is 0.336 e. The van der Waals surface area contributed by atoms with Crippen LogP contribution in [0.5, 0.6) is 0 Å². The maximum absolute atomic E-state index is 11.1. The zero-order valence-electron chi connectivity index (χ0n) is 11.9. The van der Waals surface area contributed by atoms with Crippen molar-refractivity contribution in [2.24, 2.45) is 5.92 Å². The summed E-state index contributed by atoms with van der Waals surface area (Å²) in [6, 6.07) is 7.02. The predicted molar refractivity (Wildman–Crippen MR) is 76.4 cm³/mol. The van der Waals surface area contributed by atoms with Crippen LogP contribution in [0.3, 0.4) is 0 Å². The van der Waals surface area contributed by atoms with Gasteiger partial charge in [0.15, 0.2) is 0 Å². The van der Waals surface area contributed by atoms with Crippen LogP contribution in [-0.4, -0.2) is 17.7 Å². The number of carboxylic acid groups (broad SMARTS) is 1. The molecule has 1 unspecified atom stereocenters. The molecule has 0 heterocycles. The Labute approximate surface area is 115 Å². The third kappa shape index (κ3) is 5.43. The maximum atomic E-state index is 11.1. The van der Waals surface area contributed by atoms with Crippen LogP contribution in [0.1, 0.15) is 55.5 Å². The zero-order chi connectivity index (χ0) is 14.1. The van der Waals surface area contributed by atoms with E-state index in [9.17, 15) is 4.79 Å². The van der Waals surface area contributed by atoms with E-state index in [1.165, 1.54) is 19.3 Å². The summed E-state index contributed by atoms with van der Waals surface area (Å²) in [6.45, 7) is 5.46. The molecule has 1 rings (SSSR count). The highest BCUT2D eigenvalue weighted by atomic mass is 16.5. The van der Waals surface area contributed by atoms with Gasteiger partial charge < -0.3 is 9.84 Å². The van der Waals surface area contributed by atoms with E-state index in [0.717, 1.165) is 12.0 Å². The highest BCUT2D eigenvalue weighted by Gasteiger charge is 2.10. The Bertz CT molecular complexity index is 387. The minimum absolute atomic E-state index is 0.337. The molecule has 0 amide bonds. The summed E-state index contributed by atoms with van der Waals surface area (Å²) < 4.78 is 5.70. The lowest BCUT2D eigenvalue weighted by Crippen LogP contribution is -2.10. The van der Waals surface area contributed by atoms with Crippen LogP contribution in [0.15, 0.2) is 24.3 Å². The van der Waals surface area contributed by atoms with E-state index >= 15 is 0 Å². The molecule has 0 fully saturated rings. The van der Waals surface area contributed by atoms with Gasteiger partial charge in [-0.15, -0.1) is 0 Å². The minimum Gasteiger partial charge on any atom is -0.478 e. The molecular formula is C16H24O3. The van der Waals surface area contributed by atoms with E-state index in [0.29, 0.717) is 24.7 Å². The van der Waals surface area contributed by atoms with Crippen molar-refractivity contribution in [1.82, 2.24) is 0 Å². The lowest BCUT2D eigenvalue weighted by Gasteiger charge is -2.15. The SMILES string of the molecule is CCCCC(CC)COCc1ccccc1C(=O)O. The Morgan fingerprint density at radius 1 is 1.32 bits per heavy atom. The average molecular weight is 264 g/mol. The molecule has 106 valence electrons. The van der Waals surface area contributed by atoms with Gasteiger partial charge in [-0.25, -0.2) is 4.79 Å². The molecule has 0 radical (unpaired) electrons. The second-order valence-electron chi connectivity index (χ2n) is 4.89.